The van der Waals surface area contributed by atoms with Gasteiger partial charge in [0, 0.05) is 20.8 Å². The van der Waals surface area contributed by atoms with Crippen LogP contribution >= 0.6 is 34.5 Å². The number of rotatable bonds is 6. The normalized spacial score (nSPS) is 12.9. The Bertz CT molecular complexity index is 1530. The van der Waals surface area contributed by atoms with Crippen LogP contribution in [0, 0.1) is 6.92 Å². The maximum absolute atomic E-state index is 13.9. The summed E-state index contributed by atoms with van der Waals surface area (Å²) in [4.78, 5) is 33.0. The number of thiophene rings is 1. The molecule has 2 aromatic heterocycles. The minimum atomic E-state index is -0.374. The van der Waals surface area contributed by atoms with Crippen LogP contribution in [-0.2, 0) is 17.6 Å². The summed E-state index contributed by atoms with van der Waals surface area (Å²) in [5.74, 6) is -0.674. The standard InChI is InChI=1S/C29H26Cl2N2O3S/c1-3-14-36-29(35)25-20-9-5-7-11-23(20)37-28(25)33-27(34)24-16(2)26(18-13-12-17(30)15-21(18)31)32-22-10-6-4-8-19(22)24/h4,6,8,10,12-13,15H,3,5,7,9,11,14H2,1-2H3,(H,33,34). The Balaban J connectivity index is 1.62. The molecule has 1 aliphatic carbocycles. The number of pyridine rings is 1. The van der Waals surface area contributed by atoms with E-state index in [1.165, 1.54) is 11.3 Å². The number of esters is 1. The third kappa shape index (κ3) is 4.98. The zero-order valence-electron chi connectivity index (χ0n) is 20.6. The monoisotopic (exact) mass is 552 g/mol. The number of aryl methyl sites for hydroxylation is 1. The van der Waals surface area contributed by atoms with E-state index in [0.717, 1.165) is 47.9 Å². The summed E-state index contributed by atoms with van der Waals surface area (Å²) >= 11 is 14.1. The summed E-state index contributed by atoms with van der Waals surface area (Å²) in [7, 11) is 0. The van der Waals surface area contributed by atoms with Gasteiger partial charge >= 0.3 is 5.97 Å². The fourth-order valence-electron chi connectivity index (χ4n) is 4.85. The van der Waals surface area contributed by atoms with E-state index in [0.29, 0.717) is 55.1 Å². The van der Waals surface area contributed by atoms with Gasteiger partial charge in [0.15, 0.2) is 0 Å². The number of nitrogens with one attached hydrogen (secondary N) is 1. The van der Waals surface area contributed by atoms with Crippen LogP contribution in [-0.4, -0.2) is 23.5 Å². The fraction of sp³-hybridized carbons (Fsp3) is 0.276. The molecule has 1 aliphatic rings. The van der Waals surface area contributed by atoms with E-state index in [4.69, 9.17) is 32.9 Å². The minimum Gasteiger partial charge on any atom is -0.462 e. The number of anilines is 1. The molecule has 5 nitrogen and oxygen atoms in total. The van der Waals surface area contributed by atoms with Crippen molar-refractivity contribution >= 4 is 62.3 Å². The van der Waals surface area contributed by atoms with E-state index in [1.54, 1.807) is 12.1 Å². The van der Waals surface area contributed by atoms with Crippen molar-refractivity contribution in [3.8, 4) is 11.3 Å². The number of aromatic nitrogens is 1. The summed E-state index contributed by atoms with van der Waals surface area (Å²) in [6, 6.07) is 12.7. The van der Waals surface area contributed by atoms with Gasteiger partial charge in [-0.05, 0) is 74.4 Å². The quantitative estimate of drug-likeness (QED) is 0.244. The number of halogens is 2. The van der Waals surface area contributed by atoms with Gasteiger partial charge in [-0.1, -0.05) is 48.3 Å². The molecule has 0 aliphatic heterocycles. The molecule has 0 radical (unpaired) electrons. The lowest BCUT2D eigenvalue weighted by molar-refractivity contribution is 0.0505. The number of carbonyl (C=O) groups is 2. The molecule has 0 atom stereocenters. The average Bonchev–Trinajstić information content (AvgIpc) is 3.25. The first-order valence-electron chi connectivity index (χ1n) is 12.4. The highest BCUT2D eigenvalue weighted by Gasteiger charge is 2.29. The van der Waals surface area contributed by atoms with Crippen LogP contribution in [0.25, 0.3) is 22.2 Å². The average molecular weight is 554 g/mol. The number of hydrogen-bond acceptors (Lipinski definition) is 5. The summed E-state index contributed by atoms with van der Waals surface area (Å²) in [6.45, 7) is 4.17. The van der Waals surface area contributed by atoms with Crippen molar-refractivity contribution in [3.63, 3.8) is 0 Å². The molecule has 8 heteroatoms. The molecule has 0 fully saturated rings. The highest BCUT2D eigenvalue weighted by molar-refractivity contribution is 7.17. The van der Waals surface area contributed by atoms with E-state index in [-0.39, 0.29) is 11.9 Å². The Morgan fingerprint density at radius 2 is 1.86 bits per heavy atom. The first-order chi connectivity index (χ1) is 17.9. The second-order valence-electron chi connectivity index (χ2n) is 9.11. The summed E-state index contributed by atoms with van der Waals surface area (Å²) in [5.41, 5.74) is 4.67. The second kappa shape index (κ2) is 10.8. The first kappa shape index (κ1) is 25.7. The van der Waals surface area contributed by atoms with Crippen molar-refractivity contribution in [1.82, 2.24) is 4.98 Å². The minimum absolute atomic E-state index is 0.300. The van der Waals surface area contributed by atoms with Crippen molar-refractivity contribution in [2.24, 2.45) is 0 Å². The van der Waals surface area contributed by atoms with Crippen LogP contribution in [0.4, 0.5) is 5.00 Å². The van der Waals surface area contributed by atoms with Gasteiger partial charge in [0.05, 0.1) is 34.0 Å². The van der Waals surface area contributed by atoms with E-state index >= 15 is 0 Å². The molecule has 2 heterocycles. The summed E-state index contributed by atoms with van der Waals surface area (Å²) in [5, 5.41) is 5.32. The molecular formula is C29H26Cl2N2O3S. The van der Waals surface area contributed by atoms with Crippen molar-refractivity contribution < 1.29 is 14.3 Å². The fourth-order valence-corrected chi connectivity index (χ4v) is 6.62. The van der Waals surface area contributed by atoms with Crippen molar-refractivity contribution in [3.05, 3.63) is 79.6 Å². The third-order valence-corrected chi connectivity index (χ3v) is 8.34. The smallest absolute Gasteiger partial charge is 0.341 e. The predicted octanol–water partition coefficient (Wildman–Crippen LogP) is 8.28. The zero-order chi connectivity index (χ0) is 26.1. The van der Waals surface area contributed by atoms with Gasteiger partial charge in [0.2, 0.25) is 0 Å². The van der Waals surface area contributed by atoms with Gasteiger partial charge < -0.3 is 10.1 Å². The lowest BCUT2D eigenvalue weighted by Crippen LogP contribution is -2.18. The Hall–Kier alpha value is -2.93. The second-order valence-corrected chi connectivity index (χ2v) is 11.1. The number of amides is 1. The van der Waals surface area contributed by atoms with E-state index < -0.39 is 0 Å². The van der Waals surface area contributed by atoms with Gasteiger partial charge in [0.1, 0.15) is 5.00 Å². The van der Waals surface area contributed by atoms with Gasteiger partial charge in [-0.3, -0.25) is 4.79 Å². The number of carbonyl (C=O) groups excluding carboxylic acids is 2. The Kier molecular flexibility index (Phi) is 7.52. The van der Waals surface area contributed by atoms with Crippen molar-refractivity contribution in [1.29, 1.82) is 0 Å². The van der Waals surface area contributed by atoms with Crippen LogP contribution in [0.15, 0.2) is 42.5 Å². The lowest BCUT2D eigenvalue weighted by Gasteiger charge is -2.16. The molecular weight excluding hydrogens is 527 g/mol. The summed E-state index contributed by atoms with van der Waals surface area (Å²) < 4.78 is 5.50. The number of benzene rings is 2. The molecule has 0 bridgehead atoms. The molecule has 1 N–H and O–H groups in total. The molecule has 0 saturated heterocycles. The van der Waals surface area contributed by atoms with Gasteiger partial charge in [-0.15, -0.1) is 11.3 Å². The van der Waals surface area contributed by atoms with Gasteiger partial charge in [0.25, 0.3) is 5.91 Å². The highest BCUT2D eigenvalue weighted by Crippen LogP contribution is 2.40. The first-order valence-corrected chi connectivity index (χ1v) is 13.9. The van der Waals surface area contributed by atoms with Crippen LogP contribution in [0.2, 0.25) is 10.0 Å². The van der Waals surface area contributed by atoms with Crippen molar-refractivity contribution in [2.45, 2.75) is 46.0 Å². The maximum Gasteiger partial charge on any atom is 0.341 e. The predicted molar refractivity (Wildman–Crippen MR) is 151 cm³/mol. The van der Waals surface area contributed by atoms with Crippen LogP contribution in [0.1, 0.15) is 62.9 Å². The molecule has 0 unspecified atom stereocenters. The molecule has 1 amide bonds. The Labute approximate surface area is 229 Å². The highest BCUT2D eigenvalue weighted by atomic mass is 35.5. The van der Waals surface area contributed by atoms with Crippen molar-refractivity contribution in [2.75, 3.05) is 11.9 Å². The topological polar surface area (TPSA) is 68.3 Å². The largest absolute Gasteiger partial charge is 0.462 e. The van der Waals surface area contributed by atoms with E-state index in [1.807, 2.05) is 44.2 Å². The van der Waals surface area contributed by atoms with E-state index in [2.05, 4.69) is 5.32 Å². The molecule has 2 aromatic carbocycles. The Morgan fingerprint density at radius 1 is 1.08 bits per heavy atom. The van der Waals surface area contributed by atoms with Gasteiger partial charge in [-0.2, -0.15) is 0 Å². The number of nitrogens with zero attached hydrogens (tertiary/aromatic N) is 1. The summed E-state index contributed by atoms with van der Waals surface area (Å²) in [6.07, 6.45) is 4.54. The third-order valence-electron chi connectivity index (χ3n) is 6.59. The van der Waals surface area contributed by atoms with Crippen LogP contribution in [0.5, 0.6) is 0 Å². The lowest BCUT2D eigenvalue weighted by atomic mass is 9.95. The van der Waals surface area contributed by atoms with Crippen LogP contribution < -0.4 is 5.32 Å². The SMILES string of the molecule is CCCOC(=O)c1c(NC(=O)c2c(C)c(-c3ccc(Cl)cc3Cl)nc3ccccc23)sc2c1CCCC2. The molecule has 0 saturated carbocycles. The number of para-hydroxylation sites is 1. The molecule has 0 spiro atoms. The molecule has 4 aromatic rings. The molecule has 37 heavy (non-hydrogen) atoms. The van der Waals surface area contributed by atoms with Crippen LogP contribution in [0.3, 0.4) is 0 Å². The van der Waals surface area contributed by atoms with Gasteiger partial charge in [-0.25, -0.2) is 9.78 Å². The number of fused-ring (bicyclic) bond motifs is 2. The van der Waals surface area contributed by atoms with E-state index in [9.17, 15) is 9.59 Å². The number of hydrogen-bond donors (Lipinski definition) is 1. The molecule has 5 rings (SSSR count). The zero-order valence-corrected chi connectivity index (χ0v) is 22.9. The maximum atomic E-state index is 13.9. The molecule has 190 valence electrons. The number of ether oxygens (including phenoxy) is 1. The Morgan fingerprint density at radius 3 is 2.65 bits per heavy atom.